The molecule has 2 atom stereocenters. The number of nitrogens with one attached hydrogen (secondary N) is 2. The Morgan fingerprint density at radius 2 is 1.87 bits per heavy atom. The van der Waals surface area contributed by atoms with Crippen LogP contribution in [0.3, 0.4) is 0 Å². The van der Waals surface area contributed by atoms with E-state index in [4.69, 9.17) is 0 Å². The van der Waals surface area contributed by atoms with E-state index in [2.05, 4.69) is 46.1 Å². The van der Waals surface area contributed by atoms with Crippen molar-refractivity contribution in [3.63, 3.8) is 0 Å². The molecule has 7 heteroatoms. The van der Waals surface area contributed by atoms with Gasteiger partial charge in [0.2, 0.25) is 10.0 Å². The van der Waals surface area contributed by atoms with E-state index < -0.39 is 10.0 Å². The van der Waals surface area contributed by atoms with Gasteiger partial charge in [0.25, 0.3) is 5.91 Å². The van der Waals surface area contributed by atoms with E-state index in [0.717, 1.165) is 30.5 Å². The number of benzene rings is 2. The summed E-state index contributed by atoms with van der Waals surface area (Å²) in [6.45, 7) is 8.21. The van der Waals surface area contributed by atoms with Gasteiger partial charge in [-0.1, -0.05) is 25.1 Å². The third-order valence-electron chi connectivity index (χ3n) is 5.56. The number of carbonyl (C=O) groups is 1. The van der Waals surface area contributed by atoms with Crippen molar-refractivity contribution in [3.8, 4) is 0 Å². The van der Waals surface area contributed by atoms with Crippen molar-refractivity contribution in [1.82, 2.24) is 5.32 Å². The van der Waals surface area contributed by atoms with Gasteiger partial charge in [-0.3, -0.25) is 9.52 Å². The van der Waals surface area contributed by atoms with Crippen LogP contribution in [0.15, 0.2) is 42.5 Å². The molecule has 0 saturated carbocycles. The first-order valence-electron chi connectivity index (χ1n) is 10.4. The number of anilines is 2. The first-order chi connectivity index (χ1) is 14.1. The molecule has 0 aliphatic carbocycles. The highest BCUT2D eigenvalue weighted by atomic mass is 32.2. The first-order valence-corrected chi connectivity index (χ1v) is 12.3. The molecule has 0 radical (unpaired) electrons. The average Bonchev–Trinajstić information content (AvgIpc) is 2.68. The van der Waals surface area contributed by atoms with Crippen molar-refractivity contribution in [2.24, 2.45) is 5.92 Å². The van der Waals surface area contributed by atoms with Gasteiger partial charge in [0.05, 0.1) is 18.0 Å². The summed E-state index contributed by atoms with van der Waals surface area (Å²) in [4.78, 5) is 15.1. The van der Waals surface area contributed by atoms with Gasteiger partial charge < -0.3 is 10.2 Å². The SMILES string of the molecule is Cc1ccc(C(=O)N[C@H](C)c2ccc(N3CCC[C@H](C)C3)cc2)cc1NS(C)(=O)=O. The third-order valence-corrected chi connectivity index (χ3v) is 6.15. The van der Waals surface area contributed by atoms with Crippen LogP contribution < -0.4 is 14.9 Å². The molecule has 1 aliphatic rings. The molecule has 0 unspecified atom stereocenters. The third kappa shape index (κ3) is 5.75. The number of aryl methyl sites for hydroxylation is 1. The van der Waals surface area contributed by atoms with Gasteiger partial charge in [-0.2, -0.15) is 0 Å². The van der Waals surface area contributed by atoms with Crippen molar-refractivity contribution in [1.29, 1.82) is 0 Å². The molecule has 30 heavy (non-hydrogen) atoms. The molecule has 2 aromatic rings. The second-order valence-electron chi connectivity index (χ2n) is 8.38. The average molecular weight is 430 g/mol. The lowest BCUT2D eigenvalue weighted by molar-refractivity contribution is 0.0940. The summed E-state index contributed by atoms with van der Waals surface area (Å²) in [5.41, 5.74) is 3.83. The largest absolute Gasteiger partial charge is 0.371 e. The van der Waals surface area contributed by atoms with Gasteiger partial charge in [0, 0.05) is 24.3 Å². The highest BCUT2D eigenvalue weighted by Gasteiger charge is 2.18. The zero-order chi connectivity index (χ0) is 21.9. The van der Waals surface area contributed by atoms with E-state index in [-0.39, 0.29) is 11.9 Å². The summed E-state index contributed by atoms with van der Waals surface area (Å²) in [7, 11) is -3.41. The number of rotatable bonds is 6. The van der Waals surface area contributed by atoms with Crippen LogP contribution in [0.25, 0.3) is 0 Å². The molecule has 3 rings (SSSR count). The number of nitrogens with zero attached hydrogens (tertiary/aromatic N) is 1. The molecule has 162 valence electrons. The fourth-order valence-electron chi connectivity index (χ4n) is 3.83. The summed E-state index contributed by atoms with van der Waals surface area (Å²) >= 11 is 0. The quantitative estimate of drug-likeness (QED) is 0.725. The zero-order valence-corrected chi connectivity index (χ0v) is 18.9. The Hall–Kier alpha value is -2.54. The number of carbonyl (C=O) groups excluding carboxylic acids is 1. The Balaban J connectivity index is 1.67. The minimum Gasteiger partial charge on any atom is -0.371 e. The summed E-state index contributed by atoms with van der Waals surface area (Å²) in [6.07, 6.45) is 3.61. The van der Waals surface area contributed by atoms with E-state index in [9.17, 15) is 13.2 Å². The van der Waals surface area contributed by atoms with E-state index in [0.29, 0.717) is 17.2 Å². The maximum atomic E-state index is 12.7. The Morgan fingerprint density at radius 3 is 2.50 bits per heavy atom. The summed E-state index contributed by atoms with van der Waals surface area (Å²) in [5, 5.41) is 3.00. The van der Waals surface area contributed by atoms with Gasteiger partial charge in [-0.15, -0.1) is 0 Å². The van der Waals surface area contributed by atoms with Crippen LogP contribution in [0.1, 0.15) is 54.2 Å². The molecule has 0 aromatic heterocycles. The van der Waals surface area contributed by atoms with E-state index in [1.807, 2.05) is 6.92 Å². The van der Waals surface area contributed by atoms with Gasteiger partial charge in [-0.05, 0) is 68.0 Å². The molecular formula is C23H31N3O3S. The highest BCUT2D eigenvalue weighted by molar-refractivity contribution is 7.92. The molecule has 0 spiro atoms. The van der Waals surface area contributed by atoms with Crippen LogP contribution >= 0.6 is 0 Å². The van der Waals surface area contributed by atoms with Crippen LogP contribution in [0.4, 0.5) is 11.4 Å². The fraction of sp³-hybridized carbons (Fsp3) is 0.435. The second kappa shape index (κ2) is 9.08. The summed E-state index contributed by atoms with van der Waals surface area (Å²) in [5.74, 6) is 0.473. The predicted octanol–water partition coefficient (Wildman–Crippen LogP) is 4.09. The standard InChI is InChI=1S/C23H31N3O3S/c1-16-6-5-13-26(15-16)21-11-9-19(10-12-21)18(3)24-23(27)20-8-7-17(2)22(14-20)25-30(4,28)29/h7-12,14,16,18,25H,5-6,13,15H2,1-4H3,(H,24,27)/t16-,18+/m0/s1. The van der Waals surface area contributed by atoms with Gasteiger partial charge in [-0.25, -0.2) is 8.42 Å². The molecule has 1 aliphatic heterocycles. The molecule has 1 fully saturated rings. The molecule has 1 saturated heterocycles. The lowest BCUT2D eigenvalue weighted by atomic mass is 9.99. The van der Waals surface area contributed by atoms with Crippen molar-refractivity contribution in [2.75, 3.05) is 29.0 Å². The Labute approximate surface area is 179 Å². The maximum Gasteiger partial charge on any atom is 0.251 e. The van der Waals surface area contributed by atoms with Crippen LogP contribution in [-0.2, 0) is 10.0 Å². The number of hydrogen-bond donors (Lipinski definition) is 2. The predicted molar refractivity (Wildman–Crippen MR) is 123 cm³/mol. The van der Waals surface area contributed by atoms with Crippen LogP contribution in [0.5, 0.6) is 0 Å². The van der Waals surface area contributed by atoms with Crippen molar-refractivity contribution in [2.45, 2.75) is 39.7 Å². The zero-order valence-electron chi connectivity index (χ0n) is 18.1. The van der Waals surface area contributed by atoms with E-state index in [1.165, 1.54) is 18.5 Å². The van der Waals surface area contributed by atoms with Gasteiger partial charge in [0.1, 0.15) is 0 Å². The molecule has 1 amide bonds. The number of hydrogen-bond acceptors (Lipinski definition) is 4. The minimum atomic E-state index is -3.41. The van der Waals surface area contributed by atoms with Crippen LogP contribution in [0, 0.1) is 12.8 Å². The van der Waals surface area contributed by atoms with Gasteiger partial charge in [0.15, 0.2) is 0 Å². The topological polar surface area (TPSA) is 78.5 Å². The molecule has 2 aromatic carbocycles. The number of amides is 1. The molecule has 1 heterocycles. The molecule has 6 nitrogen and oxygen atoms in total. The maximum absolute atomic E-state index is 12.7. The van der Waals surface area contributed by atoms with Crippen LogP contribution in [0.2, 0.25) is 0 Å². The normalized spacial score (nSPS) is 18.0. The Morgan fingerprint density at radius 1 is 1.17 bits per heavy atom. The number of sulfonamides is 1. The lowest BCUT2D eigenvalue weighted by Gasteiger charge is -2.33. The lowest BCUT2D eigenvalue weighted by Crippen LogP contribution is -2.34. The first kappa shape index (κ1) is 22.2. The highest BCUT2D eigenvalue weighted by Crippen LogP contribution is 2.25. The molecule has 0 bridgehead atoms. The van der Waals surface area contributed by atoms with Crippen LogP contribution in [-0.4, -0.2) is 33.7 Å². The van der Waals surface area contributed by atoms with E-state index >= 15 is 0 Å². The Kier molecular flexibility index (Phi) is 6.71. The second-order valence-corrected chi connectivity index (χ2v) is 10.1. The smallest absolute Gasteiger partial charge is 0.251 e. The number of piperidine rings is 1. The van der Waals surface area contributed by atoms with Gasteiger partial charge >= 0.3 is 0 Å². The monoisotopic (exact) mass is 429 g/mol. The van der Waals surface area contributed by atoms with Crippen molar-refractivity contribution >= 4 is 27.3 Å². The van der Waals surface area contributed by atoms with Crippen molar-refractivity contribution < 1.29 is 13.2 Å². The van der Waals surface area contributed by atoms with E-state index in [1.54, 1.807) is 25.1 Å². The molecule has 2 N–H and O–H groups in total. The summed E-state index contributed by atoms with van der Waals surface area (Å²) < 4.78 is 25.5. The van der Waals surface area contributed by atoms with Crippen molar-refractivity contribution in [3.05, 3.63) is 59.2 Å². The summed E-state index contributed by atoms with van der Waals surface area (Å²) in [6, 6.07) is 13.2. The fourth-order valence-corrected chi connectivity index (χ4v) is 4.45. The molecular weight excluding hydrogens is 398 g/mol. The Bertz CT molecular complexity index is 1000. The minimum absolute atomic E-state index is 0.167.